The molecular formula is C24H19BN2. The van der Waals surface area contributed by atoms with Crippen molar-refractivity contribution < 1.29 is 0 Å². The van der Waals surface area contributed by atoms with Gasteiger partial charge < -0.3 is 0 Å². The lowest BCUT2D eigenvalue weighted by molar-refractivity contribution is 0.686. The third kappa shape index (κ3) is 3.06. The minimum atomic E-state index is -0.649. The van der Waals surface area contributed by atoms with Crippen molar-refractivity contribution in [3.05, 3.63) is 125 Å². The van der Waals surface area contributed by atoms with E-state index >= 15 is 0 Å². The van der Waals surface area contributed by atoms with Gasteiger partial charge in [-0.05, 0) is 41.8 Å². The van der Waals surface area contributed by atoms with Crippen molar-refractivity contribution in [3.8, 4) is 0 Å². The Morgan fingerprint density at radius 3 is 1.63 bits per heavy atom. The molecule has 3 heteroatoms. The molecule has 0 unspecified atom stereocenters. The van der Waals surface area contributed by atoms with Gasteiger partial charge in [0, 0.05) is 5.69 Å². The molecule has 0 amide bonds. The number of pyridine rings is 2. The number of nitrogens with zero attached hydrogens (tertiary/aromatic N) is 2. The summed E-state index contributed by atoms with van der Waals surface area (Å²) >= 11 is 0. The normalized spacial score (nSPS) is 11.3. The summed E-state index contributed by atoms with van der Waals surface area (Å²) in [6.45, 7) is 2.01. The molecule has 2 aromatic heterocycles. The Bertz CT molecular complexity index is 959. The third-order valence-corrected chi connectivity index (χ3v) is 4.84. The average Bonchev–Trinajstić information content (AvgIpc) is 2.71. The van der Waals surface area contributed by atoms with Gasteiger partial charge in [0.15, 0.2) is 0 Å². The van der Waals surface area contributed by atoms with E-state index in [0.29, 0.717) is 5.59 Å². The lowest BCUT2D eigenvalue weighted by Gasteiger charge is -2.35. The van der Waals surface area contributed by atoms with Gasteiger partial charge >= 0.3 is 0 Å². The standard InChI is InChI=1S/C24H19BN2/c1-18-10-8-15-21(26-18)24(19-11-4-2-5-12-19,20-13-6-3-7-14-20)22-16-9-17-23(25)27-22/h2-17H,1H3. The second-order valence-corrected chi connectivity index (χ2v) is 6.59. The smallest absolute Gasteiger partial charge is 0.141 e. The summed E-state index contributed by atoms with van der Waals surface area (Å²) in [5, 5.41) is 0. The van der Waals surface area contributed by atoms with Gasteiger partial charge in [-0.25, -0.2) is 0 Å². The van der Waals surface area contributed by atoms with E-state index in [4.69, 9.17) is 17.8 Å². The second kappa shape index (κ2) is 7.20. The first kappa shape index (κ1) is 17.2. The van der Waals surface area contributed by atoms with Crippen LogP contribution in [0.15, 0.2) is 97.1 Å². The fraction of sp³-hybridized carbons (Fsp3) is 0.0833. The lowest BCUT2D eigenvalue weighted by atomic mass is 9.69. The zero-order valence-corrected chi connectivity index (χ0v) is 15.2. The van der Waals surface area contributed by atoms with Crippen LogP contribution in [0.5, 0.6) is 0 Å². The monoisotopic (exact) mass is 346 g/mol. The maximum Gasteiger partial charge on any atom is 0.141 e. The molecule has 2 heterocycles. The van der Waals surface area contributed by atoms with Crippen LogP contribution in [0.1, 0.15) is 28.2 Å². The van der Waals surface area contributed by atoms with Crippen molar-refractivity contribution in [2.75, 3.05) is 0 Å². The van der Waals surface area contributed by atoms with Gasteiger partial charge in [0.1, 0.15) is 13.3 Å². The Balaban J connectivity index is 2.16. The molecule has 0 spiro atoms. The molecule has 0 bridgehead atoms. The maximum absolute atomic E-state index is 6.09. The van der Waals surface area contributed by atoms with Gasteiger partial charge in [-0.2, -0.15) is 0 Å². The number of hydrogen-bond acceptors (Lipinski definition) is 2. The number of rotatable bonds is 4. The Kier molecular flexibility index (Phi) is 4.60. The molecule has 0 saturated heterocycles. The molecule has 2 aromatic carbocycles. The van der Waals surface area contributed by atoms with Crippen LogP contribution >= 0.6 is 0 Å². The van der Waals surface area contributed by atoms with Crippen LogP contribution in [-0.2, 0) is 5.41 Å². The molecule has 0 aliphatic heterocycles. The van der Waals surface area contributed by atoms with Crippen LogP contribution in [0.25, 0.3) is 0 Å². The van der Waals surface area contributed by atoms with E-state index in [1.54, 1.807) is 0 Å². The summed E-state index contributed by atoms with van der Waals surface area (Å²) < 4.78 is 0. The molecule has 0 fully saturated rings. The van der Waals surface area contributed by atoms with Crippen LogP contribution in [0.3, 0.4) is 0 Å². The zero-order valence-electron chi connectivity index (χ0n) is 15.2. The maximum atomic E-state index is 6.09. The molecule has 0 atom stereocenters. The molecule has 0 saturated carbocycles. The van der Waals surface area contributed by atoms with Crippen LogP contribution in [0.4, 0.5) is 0 Å². The van der Waals surface area contributed by atoms with Gasteiger partial charge in [-0.1, -0.05) is 78.9 Å². The van der Waals surface area contributed by atoms with E-state index in [1.807, 2.05) is 49.4 Å². The van der Waals surface area contributed by atoms with Crippen LogP contribution in [-0.4, -0.2) is 17.8 Å². The molecule has 4 aromatic rings. The first-order valence-corrected chi connectivity index (χ1v) is 8.99. The summed E-state index contributed by atoms with van der Waals surface area (Å²) in [4.78, 5) is 9.67. The molecular weight excluding hydrogens is 327 g/mol. The largest absolute Gasteiger partial charge is 0.268 e. The highest BCUT2D eigenvalue weighted by Gasteiger charge is 2.41. The number of aryl methyl sites for hydroxylation is 1. The Hall–Kier alpha value is -3.20. The summed E-state index contributed by atoms with van der Waals surface area (Å²) in [5.74, 6) is 0. The summed E-state index contributed by atoms with van der Waals surface area (Å²) in [5.41, 5.74) is 4.81. The van der Waals surface area contributed by atoms with Gasteiger partial charge in [0.2, 0.25) is 0 Å². The topological polar surface area (TPSA) is 25.8 Å². The molecule has 2 nitrogen and oxygen atoms in total. The fourth-order valence-corrected chi connectivity index (χ4v) is 3.68. The van der Waals surface area contributed by atoms with Crippen molar-refractivity contribution in [2.45, 2.75) is 12.3 Å². The van der Waals surface area contributed by atoms with Gasteiger partial charge in [0.05, 0.1) is 11.4 Å². The highest BCUT2D eigenvalue weighted by molar-refractivity contribution is 6.30. The molecule has 128 valence electrons. The molecule has 0 N–H and O–H groups in total. The minimum absolute atomic E-state index is 0.497. The quantitative estimate of drug-likeness (QED) is 0.523. The van der Waals surface area contributed by atoms with Crippen molar-refractivity contribution in [1.29, 1.82) is 0 Å². The minimum Gasteiger partial charge on any atom is -0.268 e. The molecule has 2 radical (unpaired) electrons. The predicted octanol–water partition coefficient (Wildman–Crippen LogP) is 3.96. The zero-order chi connectivity index (χ0) is 18.7. The number of hydrogen-bond donors (Lipinski definition) is 0. The van der Waals surface area contributed by atoms with Crippen molar-refractivity contribution in [1.82, 2.24) is 9.97 Å². The number of benzene rings is 2. The van der Waals surface area contributed by atoms with Crippen molar-refractivity contribution in [3.63, 3.8) is 0 Å². The van der Waals surface area contributed by atoms with Crippen LogP contribution in [0.2, 0.25) is 0 Å². The fourth-order valence-electron chi connectivity index (χ4n) is 3.68. The van der Waals surface area contributed by atoms with E-state index < -0.39 is 5.41 Å². The molecule has 0 aliphatic rings. The Morgan fingerprint density at radius 1 is 0.593 bits per heavy atom. The van der Waals surface area contributed by atoms with E-state index in [1.165, 1.54) is 0 Å². The summed E-state index contributed by atoms with van der Waals surface area (Å²) in [7, 11) is 6.09. The second-order valence-electron chi connectivity index (χ2n) is 6.59. The Morgan fingerprint density at radius 2 is 1.11 bits per heavy atom. The van der Waals surface area contributed by atoms with Gasteiger partial charge in [-0.3, -0.25) is 9.97 Å². The van der Waals surface area contributed by atoms with E-state index in [-0.39, 0.29) is 0 Å². The SMILES string of the molecule is [B]c1cccc(C(c2ccccc2)(c2ccccc2)c2cccc(C)n2)n1. The van der Waals surface area contributed by atoms with Crippen molar-refractivity contribution >= 4 is 13.4 Å². The lowest BCUT2D eigenvalue weighted by Crippen LogP contribution is -2.34. The molecule has 4 rings (SSSR count). The highest BCUT2D eigenvalue weighted by Crippen LogP contribution is 2.43. The highest BCUT2D eigenvalue weighted by atomic mass is 14.8. The van der Waals surface area contributed by atoms with E-state index in [9.17, 15) is 0 Å². The molecule has 27 heavy (non-hydrogen) atoms. The number of aromatic nitrogens is 2. The van der Waals surface area contributed by atoms with Gasteiger partial charge in [-0.15, -0.1) is 0 Å². The van der Waals surface area contributed by atoms with Gasteiger partial charge in [0.25, 0.3) is 0 Å². The molecule has 0 aliphatic carbocycles. The summed E-state index contributed by atoms with van der Waals surface area (Å²) in [6.07, 6.45) is 0. The first-order chi connectivity index (χ1) is 13.2. The first-order valence-electron chi connectivity index (χ1n) is 8.99. The van der Waals surface area contributed by atoms with Crippen molar-refractivity contribution in [2.24, 2.45) is 0 Å². The van der Waals surface area contributed by atoms with E-state index in [2.05, 4.69) is 54.6 Å². The average molecular weight is 346 g/mol. The van der Waals surface area contributed by atoms with Crippen LogP contribution < -0.4 is 5.59 Å². The van der Waals surface area contributed by atoms with Crippen LogP contribution in [0, 0.1) is 6.92 Å². The summed E-state index contributed by atoms with van der Waals surface area (Å²) in [6, 6.07) is 32.7. The van der Waals surface area contributed by atoms with E-state index in [0.717, 1.165) is 28.2 Å². The Labute approximate surface area is 161 Å². The third-order valence-electron chi connectivity index (χ3n) is 4.84. The predicted molar refractivity (Wildman–Crippen MR) is 110 cm³/mol.